The smallest absolute Gasteiger partial charge is 0.331 e. The number of hydrogen-bond donors (Lipinski definition) is 2. The Morgan fingerprint density at radius 1 is 1.08 bits per heavy atom. The van der Waals surface area contributed by atoms with Crippen LogP contribution >= 0.6 is 0 Å². The van der Waals surface area contributed by atoms with Crippen molar-refractivity contribution in [2.45, 2.75) is 78.3 Å². The van der Waals surface area contributed by atoms with Crippen LogP contribution in [0.15, 0.2) is 48.6 Å². The fraction of sp³-hybridized carbons (Fsp3) is 0.581. The van der Waals surface area contributed by atoms with Crippen LogP contribution in [0.1, 0.15) is 59.4 Å². The zero-order valence-electron chi connectivity index (χ0n) is 22.8. The van der Waals surface area contributed by atoms with E-state index in [2.05, 4.69) is 6.58 Å². The molecule has 4 aliphatic rings. The summed E-state index contributed by atoms with van der Waals surface area (Å²) in [5, 5.41) is 23.6. The number of Topliss-reactive ketones (excluding diaryl/α,β-unsaturated/α-hetero) is 1. The van der Waals surface area contributed by atoms with Gasteiger partial charge in [0.05, 0.1) is 12.2 Å². The van der Waals surface area contributed by atoms with Gasteiger partial charge in [-0.3, -0.25) is 9.59 Å². The Morgan fingerprint density at radius 2 is 1.74 bits per heavy atom. The quantitative estimate of drug-likeness (QED) is 0.351. The maximum Gasteiger partial charge on any atom is 0.331 e. The van der Waals surface area contributed by atoms with Gasteiger partial charge in [-0.1, -0.05) is 64.6 Å². The predicted octanol–water partition coefficient (Wildman–Crippen LogP) is 3.87. The van der Waals surface area contributed by atoms with E-state index >= 15 is 0 Å². The van der Waals surface area contributed by atoms with Crippen LogP contribution < -0.4 is 0 Å². The van der Waals surface area contributed by atoms with E-state index in [1.54, 1.807) is 6.08 Å². The normalized spacial score (nSPS) is 43.0. The summed E-state index contributed by atoms with van der Waals surface area (Å²) in [7, 11) is 0. The number of esters is 2. The Hall–Kier alpha value is -2.77. The topological polar surface area (TPSA) is 110 Å². The van der Waals surface area contributed by atoms with Crippen molar-refractivity contribution in [3.63, 3.8) is 0 Å². The first-order chi connectivity index (χ1) is 17.8. The lowest BCUT2D eigenvalue weighted by atomic mass is 9.42. The molecule has 0 radical (unpaired) electrons. The summed E-state index contributed by atoms with van der Waals surface area (Å²) >= 11 is 0. The molecule has 2 bridgehead atoms. The van der Waals surface area contributed by atoms with E-state index in [0.717, 1.165) is 5.56 Å². The highest BCUT2D eigenvalue weighted by molar-refractivity contribution is 5.88. The van der Waals surface area contributed by atoms with Gasteiger partial charge in [-0.2, -0.15) is 0 Å². The van der Waals surface area contributed by atoms with E-state index in [1.807, 2.05) is 58.0 Å². The molecule has 9 atom stereocenters. The Balaban J connectivity index is 1.64. The molecule has 204 valence electrons. The number of aliphatic hydroxyl groups is 2. The summed E-state index contributed by atoms with van der Waals surface area (Å²) in [6, 6.07) is 9.40. The number of ketones is 1. The van der Waals surface area contributed by atoms with E-state index in [1.165, 1.54) is 13.0 Å². The van der Waals surface area contributed by atoms with Gasteiger partial charge in [0.1, 0.15) is 18.0 Å². The van der Waals surface area contributed by atoms with Crippen LogP contribution in [-0.4, -0.2) is 52.4 Å². The highest BCUT2D eigenvalue weighted by Gasteiger charge is 2.90. The van der Waals surface area contributed by atoms with Crippen LogP contribution in [0, 0.1) is 33.5 Å². The maximum atomic E-state index is 13.5. The van der Waals surface area contributed by atoms with Gasteiger partial charge in [-0.15, -0.1) is 0 Å². The highest BCUT2D eigenvalue weighted by Crippen LogP contribution is 2.86. The maximum absolute atomic E-state index is 13.5. The molecule has 5 rings (SSSR count). The van der Waals surface area contributed by atoms with Crippen molar-refractivity contribution in [1.82, 2.24) is 0 Å². The molecule has 7 heteroatoms. The molecular formula is C31H38O7. The van der Waals surface area contributed by atoms with Crippen LogP contribution in [0.25, 0.3) is 6.08 Å². The Labute approximate surface area is 223 Å². The molecule has 4 aliphatic carbocycles. The minimum Gasteiger partial charge on any atom is -0.461 e. The van der Waals surface area contributed by atoms with Crippen molar-refractivity contribution in [2.75, 3.05) is 0 Å². The van der Waals surface area contributed by atoms with Crippen molar-refractivity contribution >= 4 is 23.8 Å². The molecule has 4 fully saturated rings. The van der Waals surface area contributed by atoms with Crippen molar-refractivity contribution in [2.24, 2.45) is 33.5 Å². The minimum atomic E-state index is -1.26. The van der Waals surface area contributed by atoms with Crippen molar-refractivity contribution < 1.29 is 34.1 Å². The molecule has 1 aromatic rings. The summed E-state index contributed by atoms with van der Waals surface area (Å²) in [4.78, 5) is 38.9. The first kappa shape index (κ1) is 26.8. The number of hydrogen-bond acceptors (Lipinski definition) is 7. The Bertz CT molecular complexity index is 1220. The van der Waals surface area contributed by atoms with Gasteiger partial charge in [0.25, 0.3) is 0 Å². The third-order valence-electron chi connectivity index (χ3n) is 10.9. The second-order valence-corrected chi connectivity index (χ2v) is 12.5. The van der Waals surface area contributed by atoms with Crippen LogP contribution in [0.3, 0.4) is 0 Å². The van der Waals surface area contributed by atoms with Crippen molar-refractivity contribution in [1.29, 1.82) is 0 Å². The number of fused-ring (bicyclic) bond motifs is 1. The molecule has 0 saturated heterocycles. The monoisotopic (exact) mass is 522 g/mol. The molecule has 2 spiro atoms. The Morgan fingerprint density at radius 3 is 2.37 bits per heavy atom. The summed E-state index contributed by atoms with van der Waals surface area (Å²) < 4.78 is 12.1. The molecule has 1 aromatic carbocycles. The lowest BCUT2D eigenvalue weighted by Crippen LogP contribution is -2.63. The highest BCUT2D eigenvalue weighted by atomic mass is 16.6. The van der Waals surface area contributed by atoms with Gasteiger partial charge in [-0.05, 0) is 35.5 Å². The fourth-order valence-corrected chi connectivity index (χ4v) is 9.55. The molecule has 2 N–H and O–H groups in total. The van der Waals surface area contributed by atoms with Gasteiger partial charge < -0.3 is 19.7 Å². The lowest BCUT2D eigenvalue weighted by Gasteiger charge is -2.60. The third kappa shape index (κ3) is 3.00. The fourth-order valence-electron chi connectivity index (χ4n) is 9.55. The van der Waals surface area contributed by atoms with Gasteiger partial charge in [0.2, 0.25) is 0 Å². The van der Waals surface area contributed by atoms with Gasteiger partial charge in [0.15, 0.2) is 0 Å². The number of aliphatic hydroxyl groups excluding tert-OH is 2. The molecule has 4 saturated carbocycles. The van der Waals surface area contributed by atoms with Crippen LogP contribution in [0.5, 0.6) is 0 Å². The first-order valence-corrected chi connectivity index (χ1v) is 13.5. The molecule has 38 heavy (non-hydrogen) atoms. The molecule has 0 aliphatic heterocycles. The standard InChI is InChI=1S/C31H38O7/c1-17-22(33)16-21-27(37-19(3)32)31-18(2)23(38-24(34)13-12-20-10-8-7-9-11-20)14-15-29(31,6)25(35)26(36)30(17,31)28(21,4)5/h7-13,17,21,23,25-27,35-36H,2,14-16H2,1,3-6H3/t17-,21+,23+,25+,26+,27-,29+,30-,31-/m1/s1. The summed E-state index contributed by atoms with van der Waals surface area (Å²) in [5.74, 6) is -2.09. The molecule has 0 aromatic heterocycles. The number of ether oxygens (including phenoxy) is 2. The number of benzene rings is 1. The van der Waals surface area contributed by atoms with Crippen LogP contribution in [0.2, 0.25) is 0 Å². The van der Waals surface area contributed by atoms with Crippen LogP contribution in [-0.2, 0) is 23.9 Å². The van der Waals surface area contributed by atoms with Gasteiger partial charge >= 0.3 is 11.9 Å². The molecule has 0 unspecified atom stereocenters. The van der Waals surface area contributed by atoms with E-state index < -0.39 is 63.9 Å². The Kier molecular flexibility index (Phi) is 6.08. The zero-order chi connectivity index (χ0) is 27.8. The molecular weight excluding hydrogens is 484 g/mol. The second-order valence-electron chi connectivity index (χ2n) is 12.5. The van der Waals surface area contributed by atoms with Gasteiger partial charge in [-0.25, -0.2) is 4.79 Å². The summed E-state index contributed by atoms with van der Waals surface area (Å²) in [6.07, 6.45) is 0.0520. The van der Waals surface area contributed by atoms with Crippen LogP contribution in [0.4, 0.5) is 0 Å². The third-order valence-corrected chi connectivity index (χ3v) is 10.9. The lowest BCUT2D eigenvalue weighted by molar-refractivity contribution is -0.180. The number of carbonyl (C=O) groups is 3. The van der Waals surface area contributed by atoms with E-state index in [4.69, 9.17) is 9.47 Å². The zero-order valence-corrected chi connectivity index (χ0v) is 22.8. The molecule has 0 amide bonds. The van der Waals surface area contributed by atoms with E-state index in [-0.39, 0.29) is 18.1 Å². The van der Waals surface area contributed by atoms with E-state index in [9.17, 15) is 24.6 Å². The molecule has 0 heterocycles. The second kappa shape index (κ2) is 8.62. The average molecular weight is 523 g/mol. The van der Waals surface area contributed by atoms with Gasteiger partial charge in [0, 0.05) is 47.5 Å². The average Bonchev–Trinajstić information content (AvgIpc) is 3.09. The van der Waals surface area contributed by atoms with Crippen molar-refractivity contribution in [3.05, 3.63) is 54.1 Å². The molecule has 7 nitrogen and oxygen atoms in total. The largest absolute Gasteiger partial charge is 0.461 e. The minimum absolute atomic E-state index is 0.0310. The first-order valence-electron chi connectivity index (χ1n) is 13.5. The summed E-state index contributed by atoms with van der Waals surface area (Å²) in [5.41, 5.74) is -2.65. The van der Waals surface area contributed by atoms with E-state index in [0.29, 0.717) is 18.4 Å². The number of rotatable bonds is 4. The summed E-state index contributed by atoms with van der Waals surface area (Å²) in [6.45, 7) is 13.5. The number of carbonyl (C=O) groups excluding carboxylic acids is 3. The predicted molar refractivity (Wildman–Crippen MR) is 140 cm³/mol. The SMILES string of the molecule is C=C1[C@@H](OC(=O)C=Cc2ccccc2)CC[C@@]2(C)[C@@H](O)[C@H](O)[C@@]34[C@H](C)C(=O)C[C@@H]([C@@H](OC(C)=O)[C@@]132)C4(C)C. The van der Waals surface area contributed by atoms with Crippen molar-refractivity contribution in [3.8, 4) is 0 Å².